The number of rotatable bonds is 13. The molecule has 0 amide bonds. The van der Waals surface area contributed by atoms with Gasteiger partial charge in [0.2, 0.25) is 0 Å². The van der Waals surface area contributed by atoms with Gasteiger partial charge in [0.25, 0.3) is 0 Å². The fourth-order valence-electron chi connectivity index (χ4n) is 17.8. The van der Waals surface area contributed by atoms with Crippen LogP contribution in [0.4, 0.5) is 34.1 Å². The summed E-state index contributed by atoms with van der Waals surface area (Å²) in [6.07, 6.45) is 0. The van der Waals surface area contributed by atoms with Crippen LogP contribution >= 0.6 is 22.7 Å². The normalized spacial score (nSPS) is 11.6. The van der Waals surface area contributed by atoms with E-state index in [2.05, 4.69) is 456 Å². The molecule has 4 heterocycles. The summed E-state index contributed by atoms with van der Waals surface area (Å²) in [4.78, 5) is 4.77. The molecule has 0 aliphatic rings. The van der Waals surface area contributed by atoms with Gasteiger partial charge in [-0.3, -0.25) is 0 Å². The van der Waals surface area contributed by atoms with Gasteiger partial charge in [-0.25, -0.2) is 0 Å². The van der Waals surface area contributed by atoms with Crippen molar-refractivity contribution in [1.29, 1.82) is 0 Å². The minimum atomic E-state index is 1.10. The minimum absolute atomic E-state index is 1.10. The molecule has 0 saturated carbocycles. The van der Waals surface area contributed by atoms with Crippen LogP contribution < -0.4 is 9.80 Å². The Morgan fingerprint density at radius 1 is 0.172 bits per heavy atom. The first kappa shape index (κ1) is 68.2. The van der Waals surface area contributed by atoms with E-state index in [1.165, 1.54) is 173 Å². The second kappa shape index (κ2) is 28.8. The molecule has 0 atom stereocenters. The van der Waals surface area contributed by atoms with Crippen molar-refractivity contribution in [2.24, 2.45) is 0 Å². The van der Waals surface area contributed by atoms with E-state index in [1.807, 2.05) is 22.7 Å². The van der Waals surface area contributed by atoms with Gasteiger partial charge in [-0.2, -0.15) is 0 Å². The Balaban J connectivity index is 0.000000141. The molecular formula is C110H72N4S2. The van der Waals surface area contributed by atoms with Crippen molar-refractivity contribution >= 4 is 162 Å². The first-order chi connectivity index (χ1) is 57.6. The van der Waals surface area contributed by atoms with Crippen LogP contribution in [0.1, 0.15) is 0 Å². The third kappa shape index (κ3) is 11.8. The Hall–Kier alpha value is -14.7. The van der Waals surface area contributed by atoms with Crippen LogP contribution in [0.25, 0.3) is 173 Å². The van der Waals surface area contributed by atoms with Gasteiger partial charge in [0.1, 0.15) is 0 Å². The van der Waals surface area contributed by atoms with E-state index < -0.39 is 0 Å². The number of para-hydroxylation sites is 4. The number of anilines is 6. The Morgan fingerprint density at radius 2 is 0.431 bits per heavy atom. The quantitative estimate of drug-likeness (QED) is 0.114. The minimum Gasteiger partial charge on any atom is -0.311 e. The Morgan fingerprint density at radius 3 is 0.802 bits per heavy atom. The van der Waals surface area contributed by atoms with E-state index in [1.54, 1.807) is 0 Å². The maximum Gasteiger partial charge on any atom is 0.0727 e. The lowest BCUT2D eigenvalue weighted by Gasteiger charge is -2.27. The fourth-order valence-corrected chi connectivity index (χ4v) is 20.5. The molecule has 23 aromatic rings. The van der Waals surface area contributed by atoms with Crippen LogP contribution in [-0.4, -0.2) is 9.13 Å². The predicted molar refractivity (Wildman–Crippen MR) is 499 cm³/mol. The second-order valence-electron chi connectivity index (χ2n) is 29.8. The van der Waals surface area contributed by atoms with E-state index in [9.17, 15) is 0 Å². The molecule has 4 nitrogen and oxygen atoms in total. The van der Waals surface area contributed by atoms with Gasteiger partial charge in [0.15, 0.2) is 0 Å². The van der Waals surface area contributed by atoms with Crippen molar-refractivity contribution in [3.05, 3.63) is 437 Å². The van der Waals surface area contributed by atoms with Crippen molar-refractivity contribution in [3.8, 4) is 67.0 Å². The zero-order chi connectivity index (χ0) is 76.6. The van der Waals surface area contributed by atoms with Gasteiger partial charge in [-0.15, -0.1) is 22.7 Å². The summed E-state index contributed by atoms with van der Waals surface area (Å²) >= 11 is 3.80. The Labute approximate surface area is 680 Å². The van der Waals surface area contributed by atoms with Crippen molar-refractivity contribution in [2.45, 2.75) is 0 Å². The molecule has 544 valence electrons. The number of hydrogen-bond donors (Lipinski definition) is 0. The van der Waals surface area contributed by atoms with Crippen LogP contribution in [-0.2, 0) is 0 Å². The van der Waals surface area contributed by atoms with Crippen LogP contribution in [0.2, 0.25) is 0 Å². The van der Waals surface area contributed by atoms with E-state index in [-0.39, 0.29) is 0 Å². The molecule has 0 spiro atoms. The van der Waals surface area contributed by atoms with E-state index in [4.69, 9.17) is 0 Å². The fraction of sp³-hybridized carbons (Fsp3) is 0. The summed E-state index contributed by atoms with van der Waals surface area (Å²) in [7, 11) is 0. The highest BCUT2D eigenvalue weighted by Gasteiger charge is 2.24. The highest BCUT2D eigenvalue weighted by Crippen LogP contribution is 2.50. The van der Waals surface area contributed by atoms with Crippen molar-refractivity contribution in [1.82, 2.24) is 9.13 Å². The summed E-state index contributed by atoms with van der Waals surface area (Å²) in [6.45, 7) is 0. The predicted octanol–water partition coefficient (Wildman–Crippen LogP) is 31.9. The molecule has 4 aromatic heterocycles. The second-order valence-corrected chi connectivity index (χ2v) is 31.8. The molecule has 0 aliphatic carbocycles. The molecule has 6 heteroatoms. The number of benzene rings is 19. The van der Waals surface area contributed by atoms with Gasteiger partial charge < -0.3 is 18.9 Å². The zero-order valence-electron chi connectivity index (χ0n) is 63.2. The van der Waals surface area contributed by atoms with E-state index in [0.717, 1.165) is 34.1 Å². The summed E-state index contributed by atoms with van der Waals surface area (Å²) < 4.78 is 10.1. The summed E-state index contributed by atoms with van der Waals surface area (Å²) in [5.41, 5.74) is 26.3. The van der Waals surface area contributed by atoms with Crippen LogP contribution in [0.15, 0.2) is 437 Å². The molecule has 0 bridgehead atoms. The number of fused-ring (bicyclic) bond motifs is 14. The molecular weight excluding hydrogens is 1440 g/mol. The first-order valence-corrected chi connectivity index (χ1v) is 41.2. The van der Waals surface area contributed by atoms with Gasteiger partial charge in [-0.05, 0) is 196 Å². The monoisotopic (exact) mass is 1510 g/mol. The van der Waals surface area contributed by atoms with Crippen LogP contribution in [0.5, 0.6) is 0 Å². The molecule has 19 aromatic carbocycles. The highest BCUT2D eigenvalue weighted by atomic mass is 32.1. The van der Waals surface area contributed by atoms with Gasteiger partial charge in [0.05, 0.1) is 37.2 Å². The topological polar surface area (TPSA) is 16.3 Å². The number of thiophene rings is 2. The molecule has 116 heavy (non-hydrogen) atoms. The first-order valence-electron chi connectivity index (χ1n) is 39.6. The molecule has 0 radical (unpaired) electrons. The lowest BCUT2D eigenvalue weighted by molar-refractivity contribution is 1.19. The van der Waals surface area contributed by atoms with E-state index >= 15 is 0 Å². The number of hydrogen-bond acceptors (Lipinski definition) is 4. The van der Waals surface area contributed by atoms with Crippen LogP contribution in [0, 0.1) is 0 Å². The van der Waals surface area contributed by atoms with Crippen LogP contribution in [0.3, 0.4) is 0 Å². The Kier molecular flexibility index (Phi) is 16.9. The SMILES string of the molecule is c1ccc(-n2c3ccccc3c3sc4c(-c5ccc(N(c6ccc(-c7cccc8ccccc78)cc6)c6ccc(-c7cccc8ccccc78)cc6)cc5)cccc4c32)cc1.c1ccc(-n2c3ccccc3c3sc4c(-c5ccc(N(c6ccc(-c7cccc8ccccc78)cc6)c6cccc7ccccc67)cc5)cccc4c32)cc1. The zero-order valence-corrected chi connectivity index (χ0v) is 64.8. The molecule has 0 fully saturated rings. The van der Waals surface area contributed by atoms with Gasteiger partial charge in [0, 0.05) is 76.1 Å². The van der Waals surface area contributed by atoms with Crippen molar-refractivity contribution < 1.29 is 0 Å². The molecule has 0 aliphatic heterocycles. The maximum atomic E-state index is 2.44. The van der Waals surface area contributed by atoms with Gasteiger partial charge >= 0.3 is 0 Å². The smallest absolute Gasteiger partial charge is 0.0727 e. The highest BCUT2D eigenvalue weighted by molar-refractivity contribution is 7.27. The largest absolute Gasteiger partial charge is 0.311 e. The summed E-state index contributed by atoms with van der Waals surface area (Å²) in [6, 6.07) is 159. The van der Waals surface area contributed by atoms with Crippen molar-refractivity contribution in [2.75, 3.05) is 9.80 Å². The average molecular weight is 1510 g/mol. The molecule has 0 N–H and O–H groups in total. The number of aromatic nitrogens is 2. The van der Waals surface area contributed by atoms with E-state index in [0.29, 0.717) is 0 Å². The maximum absolute atomic E-state index is 2.44. The lowest BCUT2D eigenvalue weighted by atomic mass is 9.97. The van der Waals surface area contributed by atoms with Crippen molar-refractivity contribution in [3.63, 3.8) is 0 Å². The summed E-state index contributed by atoms with van der Waals surface area (Å²) in [5, 5.41) is 15.1. The third-order valence-electron chi connectivity index (χ3n) is 23.2. The third-order valence-corrected chi connectivity index (χ3v) is 25.7. The Bertz CT molecular complexity index is 7520. The standard InChI is InChI=1S/C58H38N2S.C52H34N2S/c1-2-17-44(18-3-1)60-55-26-9-8-21-53(55)58-56(60)54-25-12-24-52(57(54)61-58)43-31-37-47(38-32-43)59(45-33-27-41(28-34-45)50-22-10-15-39-13-4-6-19-48(39)50)46-35-29-42(30-36-46)51-23-11-16-40-14-5-7-20-49(40)51;1-2-17-39(18-3-1)54-49-25-9-8-21-46(49)52-50(54)47-24-12-23-45(51(47)55-52)38-29-33-41(34-30-38)53(48-26-11-16-36-14-5-7-20-44(36)48)40-31-27-37(28-32-40)43-22-10-15-35-13-4-6-19-42(35)43/h1-38H;1-34H. The molecule has 0 unspecified atom stereocenters. The lowest BCUT2D eigenvalue weighted by Crippen LogP contribution is -2.10. The number of nitrogens with zero attached hydrogens (tertiary/aromatic N) is 4. The van der Waals surface area contributed by atoms with Gasteiger partial charge in [-0.1, -0.05) is 334 Å². The molecule has 23 rings (SSSR count). The average Bonchev–Trinajstić information content (AvgIpc) is 1.55. The molecule has 0 saturated heterocycles. The summed E-state index contributed by atoms with van der Waals surface area (Å²) in [5.74, 6) is 0.